The second-order valence-corrected chi connectivity index (χ2v) is 7.15. The number of benzene rings is 1. The Hall–Kier alpha value is -1.38. The fourth-order valence-corrected chi connectivity index (χ4v) is 3.12. The van der Waals surface area contributed by atoms with E-state index in [0.29, 0.717) is 19.8 Å². The Bertz CT molecular complexity index is 595. The highest BCUT2D eigenvalue weighted by molar-refractivity contribution is 5.37. The zero-order valence-corrected chi connectivity index (χ0v) is 14.2. The second-order valence-electron chi connectivity index (χ2n) is 7.15. The van der Waals surface area contributed by atoms with E-state index >= 15 is 0 Å². The van der Waals surface area contributed by atoms with Gasteiger partial charge in [0.2, 0.25) is 0 Å². The summed E-state index contributed by atoms with van der Waals surface area (Å²) in [5, 5.41) is 0. The van der Waals surface area contributed by atoms with E-state index in [2.05, 4.69) is 32.6 Å². The zero-order valence-electron chi connectivity index (χ0n) is 14.2. The van der Waals surface area contributed by atoms with Gasteiger partial charge in [0.15, 0.2) is 0 Å². The fraction of sp³-hybridized carbons (Fsp3) is 0.579. The molecule has 3 aliphatic rings. The summed E-state index contributed by atoms with van der Waals surface area (Å²) in [5.41, 5.74) is 1.86. The van der Waals surface area contributed by atoms with E-state index in [1.807, 2.05) is 24.3 Å². The molecule has 0 aliphatic carbocycles. The lowest BCUT2D eigenvalue weighted by Crippen LogP contribution is -2.59. The summed E-state index contributed by atoms with van der Waals surface area (Å²) in [4.78, 5) is 0. The third-order valence-corrected chi connectivity index (χ3v) is 4.23. The molecule has 1 unspecified atom stereocenters. The minimum absolute atomic E-state index is 0.0506. The van der Waals surface area contributed by atoms with Crippen LogP contribution in [0.25, 0.3) is 0 Å². The van der Waals surface area contributed by atoms with Crippen molar-refractivity contribution in [2.75, 3.05) is 26.9 Å². The van der Waals surface area contributed by atoms with Crippen molar-refractivity contribution in [1.29, 1.82) is 0 Å². The first-order valence-corrected chi connectivity index (χ1v) is 7.99. The quantitative estimate of drug-likeness (QED) is 0.786. The third-order valence-electron chi connectivity index (χ3n) is 4.23. The predicted molar refractivity (Wildman–Crippen MR) is 86.6 cm³/mol. The van der Waals surface area contributed by atoms with E-state index in [9.17, 15) is 0 Å². The lowest BCUT2D eigenvalue weighted by molar-refractivity contribution is -0.488. The van der Waals surface area contributed by atoms with Gasteiger partial charge in [0, 0.05) is 24.2 Å². The topological polar surface area (TPSA) is 36.9 Å². The molecule has 23 heavy (non-hydrogen) atoms. The first kappa shape index (κ1) is 16.5. The fourth-order valence-electron chi connectivity index (χ4n) is 3.12. The number of hydrogen-bond donors (Lipinski definition) is 0. The van der Waals surface area contributed by atoms with Crippen LogP contribution < -0.4 is 0 Å². The Kier molecular flexibility index (Phi) is 4.48. The van der Waals surface area contributed by atoms with E-state index < -0.39 is 5.97 Å². The lowest BCUT2D eigenvalue weighted by Gasteiger charge is -2.53. The standard InChI is InChI=1S/C19H24O4/c1-18(2,3)17-15-12-21-19(23-17,22-13-15)16-9-7-14(8-10-16)6-5-11-20-4/h7-10,15,17H,11-13H2,1-4H3. The van der Waals surface area contributed by atoms with Gasteiger partial charge in [0.1, 0.15) is 6.61 Å². The van der Waals surface area contributed by atoms with Gasteiger partial charge >= 0.3 is 5.97 Å². The van der Waals surface area contributed by atoms with Crippen molar-refractivity contribution in [3.8, 4) is 11.8 Å². The predicted octanol–water partition coefficient (Wildman–Crippen LogP) is 2.90. The number of methoxy groups -OCH3 is 1. The first-order chi connectivity index (χ1) is 10.9. The lowest BCUT2D eigenvalue weighted by atomic mass is 9.80. The van der Waals surface area contributed by atoms with E-state index in [1.165, 1.54) is 0 Å². The molecule has 0 amide bonds. The number of rotatable bonds is 2. The minimum atomic E-state index is -1.08. The first-order valence-electron chi connectivity index (χ1n) is 7.99. The van der Waals surface area contributed by atoms with Crippen LogP contribution in [0.1, 0.15) is 31.9 Å². The Morgan fingerprint density at radius 1 is 1.17 bits per heavy atom. The van der Waals surface area contributed by atoms with Crippen molar-refractivity contribution < 1.29 is 18.9 Å². The molecule has 2 bridgehead atoms. The van der Waals surface area contributed by atoms with Crippen LogP contribution in [-0.2, 0) is 24.9 Å². The van der Waals surface area contributed by atoms with Crippen LogP contribution in [0.3, 0.4) is 0 Å². The van der Waals surface area contributed by atoms with E-state index in [-0.39, 0.29) is 17.4 Å². The number of hydrogen-bond acceptors (Lipinski definition) is 4. The molecule has 4 rings (SSSR count). The molecule has 1 aromatic carbocycles. The molecular formula is C19H24O4. The Morgan fingerprint density at radius 3 is 2.39 bits per heavy atom. The summed E-state index contributed by atoms with van der Waals surface area (Å²) in [7, 11) is 1.63. The van der Waals surface area contributed by atoms with Gasteiger partial charge in [-0.05, 0) is 29.7 Å². The molecule has 4 nitrogen and oxygen atoms in total. The highest BCUT2D eigenvalue weighted by atomic mass is 16.9. The van der Waals surface area contributed by atoms with Gasteiger partial charge in [-0.2, -0.15) is 0 Å². The molecular weight excluding hydrogens is 292 g/mol. The van der Waals surface area contributed by atoms with Gasteiger partial charge in [0.05, 0.1) is 19.3 Å². The van der Waals surface area contributed by atoms with Gasteiger partial charge in [0.25, 0.3) is 0 Å². The van der Waals surface area contributed by atoms with Crippen LogP contribution in [0.4, 0.5) is 0 Å². The molecule has 3 heterocycles. The van der Waals surface area contributed by atoms with Crippen molar-refractivity contribution in [3.05, 3.63) is 35.4 Å². The maximum Gasteiger partial charge on any atom is 0.312 e. The summed E-state index contributed by atoms with van der Waals surface area (Å²) in [6, 6.07) is 7.83. The van der Waals surface area contributed by atoms with Crippen molar-refractivity contribution in [2.45, 2.75) is 32.8 Å². The molecule has 4 heteroatoms. The third kappa shape index (κ3) is 3.29. The average molecular weight is 316 g/mol. The van der Waals surface area contributed by atoms with E-state index in [4.69, 9.17) is 18.9 Å². The van der Waals surface area contributed by atoms with Crippen LogP contribution in [0.5, 0.6) is 0 Å². The second kappa shape index (κ2) is 6.26. The summed E-state index contributed by atoms with van der Waals surface area (Å²) >= 11 is 0. The van der Waals surface area contributed by atoms with Crippen LogP contribution in [0.2, 0.25) is 0 Å². The maximum absolute atomic E-state index is 6.26. The van der Waals surface area contributed by atoms with Crippen LogP contribution in [0, 0.1) is 23.2 Å². The summed E-state index contributed by atoms with van der Waals surface area (Å²) in [6.07, 6.45) is 0.117. The molecule has 3 saturated heterocycles. The van der Waals surface area contributed by atoms with Crippen molar-refractivity contribution in [1.82, 2.24) is 0 Å². The Balaban J connectivity index is 1.82. The van der Waals surface area contributed by atoms with Crippen LogP contribution >= 0.6 is 0 Å². The zero-order chi connectivity index (χ0) is 16.5. The average Bonchev–Trinajstić information content (AvgIpc) is 2.56. The summed E-state index contributed by atoms with van der Waals surface area (Å²) < 4.78 is 23.0. The van der Waals surface area contributed by atoms with E-state index in [0.717, 1.165) is 11.1 Å². The van der Waals surface area contributed by atoms with Gasteiger partial charge < -0.3 is 18.9 Å². The highest BCUT2D eigenvalue weighted by Gasteiger charge is 2.54. The van der Waals surface area contributed by atoms with Crippen LogP contribution in [0.15, 0.2) is 24.3 Å². The smallest absolute Gasteiger partial charge is 0.312 e. The minimum Gasteiger partial charge on any atom is -0.372 e. The molecule has 0 radical (unpaired) electrons. The molecule has 0 saturated carbocycles. The van der Waals surface area contributed by atoms with E-state index in [1.54, 1.807) is 7.11 Å². The largest absolute Gasteiger partial charge is 0.372 e. The Labute approximate surface area is 138 Å². The normalized spacial score (nSPS) is 29.9. The molecule has 0 aromatic heterocycles. The van der Waals surface area contributed by atoms with Gasteiger partial charge in [-0.1, -0.05) is 32.6 Å². The monoisotopic (exact) mass is 316 g/mol. The van der Waals surface area contributed by atoms with Gasteiger partial charge in [-0.15, -0.1) is 0 Å². The number of fused-ring (bicyclic) bond motifs is 3. The molecule has 1 atom stereocenters. The summed E-state index contributed by atoms with van der Waals surface area (Å²) in [5.74, 6) is 5.20. The molecule has 1 aromatic rings. The molecule has 3 fully saturated rings. The van der Waals surface area contributed by atoms with Gasteiger partial charge in [-0.3, -0.25) is 0 Å². The number of ether oxygens (including phenoxy) is 4. The molecule has 124 valence electrons. The summed E-state index contributed by atoms with van der Waals surface area (Å²) in [6.45, 7) is 8.34. The van der Waals surface area contributed by atoms with Crippen molar-refractivity contribution in [2.24, 2.45) is 11.3 Å². The SMILES string of the molecule is COCC#Cc1ccc(C23OCC(CO2)C(C(C)(C)C)O3)cc1. The maximum atomic E-state index is 6.26. The molecule has 0 spiro atoms. The van der Waals surface area contributed by atoms with Gasteiger partial charge in [-0.25, -0.2) is 0 Å². The van der Waals surface area contributed by atoms with Crippen molar-refractivity contribution >= 4 is 0 Å². The van der Waals surface area contributed by atoms with Crippen molar-refractivity contribution in [3.63, 3.8) is 0 Å². The molecule has 3 aliphatic heterocycles. The Morgan fingerprint density at radius 2 is 1.83 bits per heavy atom. The highest BCUT2D eigenvalue weighted by Crippen LogP contribution is 2.46. The molecule has 0 N–H and O–H groups in total. The van der Waals surface area contributed by atoms with Crippen LogP contribution in [-0.4, -0.2) is 33.0 Å².